The van der Waals surface area contributed by atoms with E-state index in [4.69, 9.17) is 0 Å². The molecule has 1 heterocycles. The van der Waals surface area contributed by atoms with Gasteiger partial charge in [-0.15, -0.1) is 0 Å². The van der Waals surface area contributed by atoms with Crippen molar-refractivity contribution in [3.8, 4) is 0 Å². The van der Waals surface area contributed by atoms with Crippen LogP contribution in [0.4, 0.5) is 0 Å². The molecule has 2 nitrogen and oxygen atoms in total. The summed E-state index contributed by atoms with van der Waals surface area (Å²) in [6.07, 6.45) is 6.49. The third-order valence-corrected chi connectivity index (χ3v) is 5.18. The summed E-state index contributed by atoms with van der Waals surface area (Å²) in [6.45, 7) is 5.76. The van der Waals surface area contributed by atoms with Crippen molar-refractivity contribution in [2.75, 3.05) is 20.1 Å². The molecule has 0 atom stereocenters. The van der Waals surface area contributed by atoms with Crippen molar-refractivity contribution in [2.24, 2.45) is 0 Å². The lowest BCUT2D eigenvalue weighted by Crippen LogP contribution is -2.48. The van der Waals surface area contributed by atoms with Gasteiger partial charge >= 0.3 is 0 Å². The number of nitrogens with zero attached hydrogens (tertiary/aromatic N) is 1. The second kappa shape index (κ2) is 5.26. The van der Waals surface area contributed by atoms with E-state index < -0.39 is 0 Å². The Bertz CT molecular complexity index is 449. The number of fused-ring (bicyclic) bond motifs is 1. The fraction of sp³-hybridized carbons (Fsp3) is 0.647. The first-order chi connectivity index (χ1) is 9.17. The maximum atomic E-state index is 3.49. The molecule has 19 heavy (non-hydrogen) atoms. The summed E-state index contributed by atoms with van der Waals surface area (Å²) >= 11 is 0. The Labute approximate surface area is 117 Å². The highest BCUT2D eigenvalue weighted by Gasteiger charge is 2.35. The number of nitrogens with one attached hydrogen (secondary N) is 1. The summed E-state index contributed by atoms with van der Waals surface area (Å²) in [6, 6.07) is 7.14. The van der Waals surface area contributed by atoms with Gasteiger partial charge in [-0.25, -0.2) is 0 Å². The molecule has 0 bridgehead atoms. The first kappa shape index (κ1) is 13.1. The van der Waals surface area contributed by atoms with Gasteiger partial charge in [0.25, 0.3) is 0 Å². The molecule has 0 amide bonds. The summed E-state index contributed by atoms with van der Waals surface area (Å²) in [4.78, 5) is 2.55. The second-order valence-corrected chi connectivity index (χ2v) is 6.56. The average Bonchev–Trinajstić information content (AvgIpc) is 2.60. The predicted molar refractivity (Wildman–Crippen MR) is 80.4 cm³/mol. The second-order valence-electron chi connectivity index (χ2n) is 6.56. The molecular formula is C17H26N2. The SMILES string of the molecule is CN(Cc1ccc2c(c1)CCNCC2)C1(C)CCC1. The zero-order valence-corrected chi connectivity index (χ0v) is 12.3. The zero-order valence-electron chi connectivity index (χ0n) is 12.3. The van der Waals surface area contributed by atoms with Crippen molar-refractivity contribution >= 4 is 0 Å². The van der Waals surface area contributed by atoms with E-state index in [2.05, 4.69) is 42.4 Å². The van der Waals surface area contributed by atoms with E-state index in [0.717, 1.165) is 19.6 Å². The minimum absolute atomic E-state index is 0.453. The minimum Gasteiger partial charge on any atom is -0.316 e. The Kier molecular flexibility index (Phi) is 3.64. The predicted octanol–water partition coefficient (Wildman–Crippen LogP) is 2.75. The van der Waals surface area contributed by atoms with E-state index in [-0.39, 0.29) is 0 Å². The van der Waals surface area contributed by atoms with E-state index in [1.807, 2.05) is 0 Å². The van der Waals surface area contributed by atoms with Gasteiger partial charge in [-0.1, -0.05) is 18.2 Å². The molecule has 1 aromatic carbocycles. The van der Waals surface area contributed by atoms with Gasteiger partial charge < -0.3 is 5.32 Å². The Morgan fingerprint density at radius 3 is 2.58 bits per heavy atom. The molecule has 1 aliphatic heterocycles. The fourth-order valence-electron chi connectivity index (χ4n) is 3.36. The Morgan fingerprint density at radius 1 is 1.16 bits per heavy atom. The largest absolute Gasteiger partial charge is 0.316 e. The van der Waals surface area contributed by atoms with Crippen LogP contribution in [0.25, 0.3) is 0 Å². The summed E-state index contributed by atoms with van der Waals surface area (Å²) in [7, 11) is 2.28. The third-order valence-electron chi connectivity index (χ3n) is 5.18. The smallest absolute Gasteiger partial charge is 0.0236 e. The Hall–Kier alpha value is -0.860. The van der Waals surface area contributed by atoms with Crippen LogP contribution in [0.15, 0.2) is 18.2 Å². The molecule has 1 fully saturated rings. The molecule has 0 radical (unpaired) electrons. The maximum absolute atomic E-state index is 3.49. The Morgan fingerprint density at radius 2 is 1.89 bits per heavy atom. The molecule has 1 saturated carbocycles. The van der Waals surface area contributed by atoms with E-state index in [1.54, 1.807) is 11.1 Å². The fourth-order valence-corrected chi connectivity index (χ4v) is 3.36. The van der Waals surface area contributed by atoms with Gasteiger partial charge in [-0.2, -0.15) is 0 Å². The Balaban J connectivity index is 1.73. The number of rotatable bonds is 3. The standard InChI is InChI=1S/C17H26N2/c1-17(8-3-9-17)19(2)13-14-4-5-15-6-10-18-11-7-16(15)12-14/h4-5,12,18H,3,6-11,13H2,1-2H3. The molecule has 0 unspecified atom stereocenters. The summed E-state index contributed by atoms with van der Waals surface area (Å²) in [5, 5.41) is 3.49. The van der Waals surface area contributed by atoms with Gasteiger partial charge in [0, 0.05) is 12.1 Å². The summed E-state index contributed by atoms with van der Waals surface area (Å²) in [5.74, 6) is 0. The molecule has 1 aliphatic carbocycles. The van der Waals surface area contributed by atoms with Crippen LogP contribution >= 0.6 is 0 Å². The van der Waals surface area contributed by atoms with Gasteiger partial charge in [-0.05, 0) is 75.9 Å². The molecule has 0 aromatic heterocycles. The van der Waals surface area contributed by atoms with Gasteiger partial charge in [0.1, 0.15) is 0 Å². The van der Waals surface area contributed by atoms with Crippen molar-refractivity contribution in [1.82, 2.24) is 10.2 Å². The van der Waals surface area contributed by atoms with Crippen molar-refractivity contribution < 1.29 is 0 Å². The highest BCUT2D eigenvalue weighted by molar-refractivity contribution is 5.33. The van der Waals surface area contributed by atoms with Crippen LogP contribution < -0.4 is 5.32 Å². The van der Waals surface area contributed by atoms with Crippen molar-refractivity contribution in [3.63, 3.8) is 0 Å². The molecule has 3 rings (SSSR count). The van der Waals surface area contributed by atoms with Crippen molar-refractivity contribution in [2.45, 2.75) is 51.1 Å². The van der Waals surface area contributed by atoms with Crippen LogP contribution in [0.5, 0.6) is 0 Å². The molecule has 2 heteroatoms. The maximum Gasteiger partial charge on any atom is 0.0236 e. The monoisotopic (exact) mass is 258 g/mol. The van der Waals surface area contributed by atoms with Crippen LogP contribution in [-0.4, -0.2) is 30.6 Å². The number of hydrogen-bond donors (Lipinski definition) is 1. The summed E-state index contributed by atoms with van der Waals surface area (Å²) < 4.78 is 0. The molecule has 2 aliphatic rings. The highest BCUT2D eigenvalue weighted by Crippen LogP contribution is 2.37. The molecule has 0 spiro atoms. The third kappa shape index (κ3) is 2.70. The normalized spacial score (nSPS) is 21.6. The van der Waals surface area contributed by atoms with Crippen molar-refractivity contribution in [3.05, 3.63) is 34.9 Å². The van der Waals surface area contributed by atoms with E-state index >= 15 is 0 Å². The molecule has 1 aromatic rings. The highest BCUT2D eigenvalue weighted by atomic mass is 15.2. The molecule has 1 N–H and O–H groups in total. The van der Waals surface area contributed by atoms with E-state index in [0.29, 0.717) is 5.54 Å². The quantitative estimate of drug-likeness (QED) is 0.897. The lowest BCUT2D eigenvalue weighted by atomic mass is 9.77. The van der Waals surface area contributed by atoms with Gasteiger partial charge in [0.15, 0.2) is 0 Å². The van der Waals surface area contributed by atoms with Gasteiger partial charge in [0.05, 0.1) is 0 Å². The van der Waals surface area contributed by atoms with Crippen molar-refractivity contribution in [1.29, 1.82) is 0 Å². The minimum atomic E-state index is 0.453. The number of hydrogen-bond acceptors (Lipinski definition) is 2. The van der Waals surface area contributed by atoms with Crippen LogP contribution in [0.1, 0.15) is 42.9 Å². The topological polar surface area (TPSA) is 15.3 Å². The first-order valence-corrected chi connectivity index (χ1v) is 7.70. The van der Waals surface area contributed by atoms with E-state index in [1.165, 1.54) is 37.7 Å². The summed E-state index contributed by atoms with van der Waals surface area (Å²) in [5.41, 5.74) is 5.05. The van der Waals surface area contributed by atoms with Crippen LogP contribution in [0, 0.1) is 0 Å². The van der Waals surface area contributed by atoms with E-state index in [9.17, 15) is 0 Å². The molecule has 104 valence electrons. The molecular weight excluding hydrogens is 232 g/mol. The lowest BCUT2D eigenvalue weighted by molar-refractivity contribution is 0.0496. The van der Waals surface area contributed by atoms with Gasteiger partial charge in [-0.3, -0.25) is 4.90 Å². The first-order valence-electron chi connectivity index (χ1n) is 7.70. The van der Waals surface area contributed by atoms with Crippen LogP contribution in [-0.2, 0) is 19.4 Å². The van der Waals surface area contributed by atoms with Crippen LogP contribution in [0.2, 0.25) is 0 Å². The lowest BCUT2D eigenvalue weighted by Gasteiger charge is -2.46. The molecule has 0 saturated heterocycles. The zero-order chi connectivity index (χ0) is 13.3. The average molecular weight is 258 g/mol. The number of benzene rings is 1. The van der Waals surface area contributed by atoms with Gasteiger partial charge in [0.2, 0.25) is 0 Å². The van der Waals surface area contributed by atoms with Crippen LogP contribution in [0.3, 0.4) is 0 Å².